The van der Waals surface area contributed by atoms with Crippen molar-refractivity contribution in [2.75, 3.05) is 39.3 Å². The van der Waals surface area contributed by atoms with E-state index < -0.39 is 0 Å². The summed E-state index contributed by atoms with van der Waals surface area (Å²) in [5.74, 6) is 1.49. The third kappa shape index (κ3) is 4.54. The number of hydrogen-bond donors (Lipinski definition) is 1. The van der Waals surface area contributed by atoms with Gasteiger partial charge >= 0.3 is 0 Å². The first-order valence-electron chi connectivity index (χ1n) is 9.38. The molecule has 0 bridgehead atoms. The van der Waals surface area contributed by atoms with E-state index in [9.17, 15) is 4.79 Å². The van der Waals surface area contributed by atoms with E-state index in [0.29, 0.717) is 17.9 Å². The van der Waals surface area contributed by atoms with E-state index in [1.165, 1.54) is 5.56 Å². The van der Waals surface area contributed by atoms with Crippen LogP contribution in [0, 0.1) is 20.8 Å². The fourth-order valence-electron chi connectivity index (χ4n) is 3.56. The van der Waals surface area contributed by atoms with Crippen LogP contribution < -0.4 is 5.32 Å². The Morgan fingerprint density at radius 3 is 2.27 bits per heavy atom. The number of piperazine rings is 1. The standard InChI is InChI=1S/C21H29N3O2/c1-16-17(2)26-18(3)20(16)21(25)22-9-10-23-11-13-24(14-12-23)15-19-7-5-4-6-8-19/h4-8H,9-15H2,1-3H3,(H,22,25). The van der Waals surface area contributed by atoms with Gasteiger partial charge in [-0.1, -0.05) is 30.3 Å². The van der Waals surface area contributed by atoms with Gasteiger partial charge in [-0.3, -0.25) is 14.6 Å². The maximum absolute atomic E-state index is 12.4. The second-order valence-electron chi connectivity index (χ2n) is 7.07. The van der Waals surface area contributed by atoms with Crippen LogP contribution in [0.4, 0.5) is 0 Å². The predicted molar refractivity (Wildman–Crippen MR) is 103 cm³/mol. The highest BCUT2D eigenvalue weighted by Gasteiger charge is 2.19. The predicted octanol–water partition coefficient (Wildman–Crippen LogP) is 2.75. The Morgan fingerprint density at radius 2 is 1.65 bits per heavy atom. The second kappa shape index (κ2) is 8.52. The average Bonchev–Trinajstić information content (AvgIpc) is 2.89. The van der Waals surface area contributed by atoms with Gasteiger partial charge in [0.2, 0.25) is 0 Å². The molecular formula is C21H29N3O2. The third-order valence-electron chi connectivity index (χ3n) is 5.22. The molecule has 0 atom stereocenters. The van der Waals surface area contributed by atoms with E-state index in [2.05, 4.69) is 45.4 Å². The summed E-state index contributed by atoms with van der Waals surface area (Å²) in [4.78, 5) is 17.3. The van der Waals surface area contributed by atoms with E-state index in [-0.39, 0.29) is 5.91 Å². The molecular weight excluding hydrogens is 326 g/mol. The van der Waals surface area contributed by atoms with Gasteiger partial charge < -0.3 is 9.73 Å². The fraction of sp³-hybridized carbons (Fsp3) is 0.476. The van der Waals surface area contributed by atoms with Crippen molar-refractivity contribution in [3.8, 4) is 0 Å². The summed E-state index contributed by atoms with van der Waals surface area (Å²) in [6.07, 6.45) is 0. The minimum Gasteiger partial charge on any atom is -0.466 e. The molecule has 0 unspecified atom stereocenters. The molecule has 1 aliphatic heterocycles. The van der Waals surface area contributed by atoms with Crippen LogP contribution in [0.25, 0.3) is 0 Å². The van der Waals surface area contributed by atoms with Crippen molar-refractivity contribution in [1.82, 2.24) is 15.1 Å². The molecule has 1 aromatic carbocycles. The molecule has 2 aromatic rings. The highest BCUT2D eigenvalue weighted by molar-refractivity contribution is 5.96. The summed E-state index contributed by atoms with van der Waals surface area (Å²) >= 11 is 0. The zero-order valence-corrected chi connectivity index (χ0v) is 16.0. The lowest BCUT2D eigenvalue weighted by molar-refractivity contribution is 0.0932. The fourth-order valence-corrected chi connectivity index (χ4v) is 3.56. The molecule has 0 aliphatic carbocycles. The Kier molecular flexibility index (Phi) is 6.12. The van der Waals surface area contributed by atoms with Crippen LogP contribution in [0.15, 0.2) is 34.7 Å². The number of carbonyl (C=O) groups excluding carboxylic acids is 1. The second-order valence-corrected chi connectivity index (χ2v) is 7.07. The number of carbonyl (C=O) groups is 1. The van der Waals surface area contributed by atoms with Crippen LogP contribution in [0.2, 0.25) is 0 Å². The van der Waals surface area contributed by atoms with E-state index in [1.807, 2.05) is 20.8 Å². The van der Waals surface area contributed by atoms with Crippen molar-refractivity contribution in [2.45, 2.75) is 27.3 Å². The largest absolute Gasteiger partial charge is 0.466 e. The lowest BCUT2D eigenvalue weighted by Gasteiger charge is -2.34. The van der Waals surface area contributed by atoms with Gasteiger partial charge in [-0.2, -0.15) is 0 Å². The smallest absolute Gasteiger partial charge is 0.255 e. The van der Waals surface area contributed by atoms with Gasteiger partial charge in [-0.15, -0.1) is 0 Å². The average molecular weight is 355 g/mol. The van der Waals surface area contributed by atoms with Gasteiger partial charge in [0.15, 0.2) is 0 Å². The number of nitrogens with zero attached hydrogens (tertiary/aromatic N) is 2. The number of amides is 1. The molecule has 2 heterocycles. The normalized spacial score (nSPS) is 16.0. The number of nitrogens with one attached hydrogen (secondary N) is 1. The van der Waals surface area contributed by atoms with Crippen molar-refractivity contribution in [3.05, 3.63) is 58.5 Å². The molecule has 5 nitrogen and oxygen atoms in total. The lowest BCUT2D eigenvalue weighted by Crippen LogP contribution is -2.48. The van der Waals surface area contributed by atoms with Gasteiger partial charge in [0.05, 0.1) is 5.56 Å². The highest BCUT2D eigenvalue weighted by atomic mass is 16.3. The molecule has 1 aromatic heterocycles. The SMILES string of the molecule is Cc1oc(C)c(C(=O)NCCN2CCN(Cc3ccccc3)CC2)c1C. The molecule has 0 radical (unpaired) electrons. The summed E-state index contributed by atoms with van der Waals surface area (Å²) in [7, 11) is 0. The molecule has 3 rings (SSSR count). The zero-order valence-electron chi connectivity index (χ0n) is 16.0. The molecule has 1 N–H and O–H groups in total. The van der Waals surface area contributed by atoms with Crippen LogP contribution >= 0.6 is 0 Å². The van der Waals surface area contributed by atoms with Gasteiger partial charge in [0, 0.05) is 51.4 Å². The van der Waals surface area contributed by atoms with Crippen LogP contribution in [0.1, 0.15) is 33.0 Å². The summed E-state index contributed by atoms with van der Waals surface area (Å²) in [5, 5.41) is 3.04. The number of hydrogen-bond acceptors (Lipinski definition) is 4. The molecule has 1 saturated heterocycles. The summed E-state index contributed by atoms with van der Waals surface area (Å²) in [5.41, 5.74) is 3.00. The maximum atomic E-state index is 12.4. The number of aryl methyl sites for hydroxylation is 2. The molecule has 0 spiro atoms. The van der Waals surface area contributed by atoms with Gasteiger partial charge in [0.25, 0.3) is 5.91 Å². The van der Waals surface area contributed by atoms with Crippen molar-refractivity contribution in [1.29, 1.82) is 0 Å². The molecule has 26 heavy (non-hydrogen) atoms. The topological polar surface area (TPSA) is 48.7 Å². The maximum Gasteiger partial charge on any atom is 0.255 e. The lowest BCUT2D eigenvalue weighted by atomic mass is 10.1. The van der Waals surface area contributed by atoms with Crippen molar-refractivity contribution in [2.24, 2.45) is 0 Å². The molecule has 140 valence electrons. The van der Waals surface area contributed by atoms with Crippen molar-refractivity contribution >= 4 is 5.91 Å². The van der Waals surface area contributed by atoms with Crippen LogP contribution in [0.3, 0.4) is 0 Å². The molecule has 0 saturated carbocycles. The van der Waals surface area contributed by atoms with Crippen LogP contribution in [-0.2, 0) is 6.54 Å². The third-order valence-corrected chi connectivity index (χ3v) is 5.22. The first-order chi connectivity index (χ1) is 12.5. The van der Waals surface area contributed by atoms with E-state index >= 15 is 0 Å². The van der Waals surface area contributed by atoms with Crippen LogP contribution in [-0.4, -0.2) is 55.0 Å². The molecule has 1 fully saturated rings. The van der Waals surface area contributed by atoms with E-state index in [1.54, 1.807) is 0 Å². The first-order valence-corrected chi connectivity index (χ1v) is 9.38. The Morgan fingerprint density at radius 1 is 1.00 bits per heavy atom. The van der Waals surface area contributed by atoms with E-state index in [4.69, 9.17) is 4.42 Å². The summed E-state index contributed by atoms with van der Waals surface area (Å²) in [6.45, 7) is 12.5. The Labute approximate surface area is 156 Å². The molecule has 5 heteroatoms. The van der Waals surface area contributed by atoms with Crippen molar-refractivity contribution in [3.63, 3.8) is 0 Å². The number of rotatable bonds is 6. The minimum absolute atomic E-state index is 0.0282. The Hall–Kier alpha value is -2.11. The minimum atomic E-state index is -0.0282. The highest BCUT2D eigenvalue weighted by Crippen LogP contribution is 2.20. The monoisotopic (exact) mass is 355 g/mol. The summed E-state index contributed by atoms with van der Waals surface area (Å²) in [6, 6.07) is 10.6. The first kappa shape index (κ1) is 18.7. The Bertz CT molecular complexity index is 731. The molecule has 1 aliphatic rings. The number of furan rings is 1. The van der Waals surface area contributed by atoms with Gasteiger partial charge in [-0.05, 0) is 26.3 Å². The zero-order chi connectivity index (χ0) is 18.5. The van der Waals surface area contributed by atoms with Crippen molar-refractivity contribution < 1.29 is 9.21 Å². The Balaban J connectivity index is 1.39. The van der Waals surface area contributed by atoms with Crippen LogP contribution in [0.5, 0.6) is 0 Å². The summed E-state index contributed by atoms with van der Waals surface area (Å²) < 4.78 is 5.55. The quantitative estimate of drug-likeness (QED) is 0.866. The van der Waals surface area contributed by atoms with E-state index in [0.717, 1.165) is 50.6 Å². The van der Waals surface area contributed by atoms with Gasteiger partial charge in [-0.25, -0.2) is 0 Å². The number of benzene rings is 1. The van der Waals surface area contributed by atoms with Gasteiger partial charge in [0.1, 0.15) is 11.5 Å². The molecule has 1 amide bonds.